The van der Waals surface area contributed by atoms with E-state index in [1.807, 2.05) is 0 Å². The molecule has 0 aliphatic heterocycles. The summed E-state index contributed by atoms with van der Waals surface area (Å²) in [6.45, 7) is 8.61. The van der Waals surface area contributed by atoms with E-state index in [9.17, 15) is 9.59 Å². The van der Waals surface area contributed by atoms with Crippen molar-refractivity contribution in [2.45, 2.75) is 26.4 Å². The lowest BCUT2D eigenvalue weighted by Crippen LogP contribution is -2.34. The molecule has 6 nitrogen and oxygen atoms in total. The molecule has 92 valence electrons. The smallest absolute Gasteiger partial charge is 0.444 e. The zero-order valence-electron chi connectivity index (χ0n) is 9.74. The van der Waals surface area contributed by atoms with Crippen LogP contribution in [0.4, 0.5) is 9.59 Å². The fourth-order valence-corrected chi connectivity index (χ4v) is 0.704. The number of rotatable bonds is 4. The Kier molecular flexibility index (Phi) is 5.99. The second-order valence-corrected chi connectivity index (χ2v) is 3.81. The zero-order chi connectivity index (χ0) is 12.6. The second-order valence-electron chi connectivity index (χ2n) is 3.81. The molecule has 0 aliphatic carbocycles. The van der Waals surface area contributed by atoms with Crippen LogP contribution in [0.1, 0.15) is 20.8 Å². The molecular formula is C10H17NO5. The van der Waals surface area contributed by atoms with Crippen molar-refractivity contribution in [1.29, 1.82) is 0 Å². The summed E-state index contributed by atoms with van der Waals surface area (Å²) in [4.78, 5) is 21.8. The lowest BCUT2D eigenvalue weighted by atomic mass is 10.2. The highest BCUT2D eigenvalue weighted by Crippen LogP contribution is 2.05. The molecule has 0 unspecified atom stereocenters. The van der Waals surface area contributed by atoms with Gasteiger partial charge in [0.1, 0.15) is 12.2 Å². The van der Waals surface area contributed by atoms with Crippen LogP contribution in [0.25, 0.3) is 0 Å². The van der Waals surface area contributed by atoms with Crippen molar-refractivity contribution in [3.8, 4) is 0 Å². The summed E-state index contributed by atoms with van der Waals surface area (Å²) >= 11 is 0. The van der Waals surface area contributed by atoms with Gasteiger partial charge in [0.05, 0.1) is 12.8 Å². The van der Waals surface area contributed by atoms with Crippen molar-refractivity contribution in [3.63, 3.8) is 0 Å². The molecule has 0 saturated carbocycles. The van der Waals surface area contributed by atoms with E-state index >= 15 is 0 Å². The maximum Gasteiger partial charge on any atom is 0.513 e. The minimum Gasteiger partial charge on any atom is -0.444 e. The molecule has 1 amide bonds. The van der Waals surface area contributed by atoms with E-state index in [1.54, 1.807) is 20.8 Å². The first-order valence-electron chi connectivity index (χ1n) is 4.76. The molecule has 0 aromatic heterocycles. The van der Waals surface area contributed by atoms with Gasteiger partial charge < -0.3 is 19.5 Å². The van der Waals surface area contributed by atoms with Gasteiger partial charge in [-0.25, -0.2) is 9.59 Å². The Balaban J connectivity index is 3.56. The average Bonchev–Trinajstić information content (AvgIpc) is 2.10. The van der Waals surface area contributed by atoms with Crippen LogP contribution in [0.15, 0.2) is 12.8 Å². The van der Waals surface area contributed by atoms with Gasteiger partial charge in [-0.1, -0.05) is 6.58 Å². The fourth-order valence-electron chi connectivity index (χ4n) is 0.704. The van der Waals surface area contributed by atoms with Crippen molar-refractivity contribution in [3.05, 3.63) is 12.8 Å². The number of hydrogen-bond acceptors (Lipinski definition) is 5. The Morgan fingerprint density at radius 1 is 1.38 bits per heavy atom. The van der Waals surface area contributed by atoms with E-state index in [2.05, 4.69) is 21.4 Å². The summed E-state index contributed by atoms with van der Waals surface area (Å²) < 4.78 is 13.8. The Bertz CT molecular complexity index is 256. The highest BCUT2D eigenvalue weighted by Gasteiger charge is 2.15. The molecule has 0 heterocycles. The van der Waals surface area contributed by atoms with E-state index in [-0.39, 0.29) is 13.2 Å². The third kappa shape index (κ3) is 8.86. The van der Waals surface area contributed by atoms with Crippen LogP contribution in [0.5, 0.6) is 0 Å². The second kappa shape index (κ2) is 6.71. The SMILES string of the molecule is C=COC(=O)OCCNC(=O)OC(C)(C)C. The Morgan fingerprint density at radius 2 is 2.00 bits per heavy atom. The Morgan fingerprint density at radius 3 is 2.50 bits per heavy atom. The Hall–Kier alpha value is -1.72. The maximum absolute atomic E-state index is 11.1. The van der Waals surface area contributed by atoms with Crippen molar-refractivity contribution in [2.24, 2.45) is 0 Å². The predicted octanol–water partition coefficient (Wildman–Crippen LogP) is 1.81. The lowest BCUT2D eigenvalue weighted by Gasteiger charge is -2.19. The molecule has 0 aromatic rings. The van der Waals surface area contributed by atoms with Gasteiger partial charge in [-0.15, -0.1) is 0 Å². The van der Waals surface area contributed by atoms with Crippen molar-refractivity contribution in [2.75, 3.05) is 13.2 Å². The largest absolute Gasteiger partial charge is 0.513 e. The van der Waals surface area contributed by atoms with Crippen LogP contribution in [0, 0.1) is 0 Å². The molecule has 16 heavy (non-hydrogen) atoms. The van der Waals surface area contributed by atoms with Gasteiger partial charge in [0.15, 0.2) is 0 Å². The molecule has 0 fully saturated rings. The number of carbonyl (C=O) groups is 2. The van der Waals surface area contributed by atoms with Gasteiger partial charge in [-0.2, -0.15) is 0 Å². The van der Waals surface area contributed by atoms with E-state index in [0.29, 0.717) is 0 Å². The molecular weight excluding hydrogens is 214 g/mol. The number of carbonyl (C=O) groups excluding carboxylic acids is 2. The van der Waals surface area contributed by atoms with Crippen LogP contribution in [0.3, 0.4) is 0 Å². The van der Waals surface area contributed by atoms with Crippen molar-refractivity contribution >= 4 is 12.2 Å². The maximum atomic E-state index is 11.1. The molecule has 0 radical (unpaired) electrons. The van der Waals surface area contributed by atoms with E-state index in [1.165, 1.54) is 0 Å². The van der Waals surface area contributed by atoms with Crippen LogP contribution in [-0.2, 0) is 14.2 Å². The average molecular weight is 231 g/mol. The monoisotopic (exact) mass is 231 g/mol. The topological polar surface area (TPSA) is 73.9 Å². The molecule has 6 heteroatoms. The summed E-state index contributed by atoms with van der Waals surface area (Å²) in [6.07, 6.45) is -0.460. The standard InChI is InChI=1S/C10H17NO5/c1-5-14-9(13)15-7-6-11-8(12)16-10(2,3)4/h5H,1,6-7H2,2-4H3,(H,11,12). The normalized spacial score (nSPS) is 10.2. The number of nitrogens with one attached hydrogen (secondary N) is 1. The molecule has 1 N–H and O–H groups in total. The van der Waals surface area contributed by atoms with Gasteiger partial charge >= 0.3 is 12.2 Å². The summed E-state index contributed by atoms with van der Waals surface area (Å²) in [5.74, 6) is 0. The predicted molar refractivity (Wildman–Crippen MR) is 56.9 cm³/mol. The van der Waals surface area contributed by atoms with Crippen LogP contribution < -0.4 is 5.32 Å². The third-order valence-corrected chi connectivity index (χ3v) is 1.17. The molecule has 0 spiro atoms. The van der Waals surface area contributed by atoms with Gasteiger partial charge in [-0.05, 0) is 20.8 Å². The summed E-state index contributed by atoms with van der Waals surface area (Å²) in [5.41, 5.74) is -0.549. The third-order valence-electron chi connectivity index (χ3n) is 1.17. The number of alkyl carbamates (subject to hydrolysis) is 1. The quantitative estimate of drug-likeness (QED) is 0.453. The summed E-state index contributed by atoms with van der Waals surface area (Å²) in [5, 5.41) is 2.42. The van der Waals surface area contributed by atoms with E-state index in [0.717, 1.165) is 6.26 Å². The van der Waals surface area contributed by atoms with Crippen LogP contribution in [-0.4, -0.2) is 31.0 Å². The summed E-state index contributed by atoms with van der Waals surface area (Å²) in [6, 6.07) is 0. The van der Waals surface area contributed by atoms with Crippen LogP contribution >= 0.6 is 0 Å². The van der Waals surface area contributed by atoms with Gasteiger partial charge in [0, 0.05) is 0 Å². The fraction of sp³-hybridized carbons (Fsp3) is 0.600. The van der Waals surface area contributed by atoms with Gasteiger partial charge in [-0.3, -0.25) is 0 Å². The highest BCUT2D eigenvalue weighted by atomic mass is 16.7. The first-order chi connectivity index (χ1) is 7.35. The molecule has 0 aliphatic rings. The van der Waals surface area contributed by atoms with E-state index < -0.39 is 17.8 Å². The lowest BCUT2D eigenvalue weighted by molar-refractivity contribution is 0.0491. The summed E-state index contributed by atoms with van der Waals surface area (Å²) in [7, 11) is 0. The number of amides is 1. The molecule has 0 saturated heterocycles. The van der Waals surface area contributed by atoms with Crippen LogP contribution in [0.2, 0.25) is 0 Å². The minimum atomic E-state index is -0.860. The first-order valence-corrected chi connectivity index (χ1v) is 4.76. The number of hydrogen-bond donors (Lipinski definition) is 1. The highest BCUT2D eigenvalue weighted by molar-refractivity contribution is 5.67. The molecule has 0 aromatic carbocycles. The van der Waals surface area contributed by atoms with Gasteiger partial charge in [0.2, 0.25) is 0 Å². The van der Waals surface area contributed by atoms with Crippen molar-refractivity contribution in [1.82, 2.24) is 5.32 Å². The molecule has 0 atom stereocenters. The molecule has 0 rings (SSSR count). The first kappa shape index (κ1) is 14.3. The molecule has 0 bridgehead atoms. The van der Waals surface area contributed by atoms with E-state index in [4.69, 9.17) is 4.74 Å². The zero-order valence-corrected chi connectivity index (χ0v) is 9.74. The van der Waals surface area contributed by atoms with Gasteiger partial charge in [0.25, 0.3) is 0 Å². The minimum absolute atomic E-state index is 0.00587. The number of ether oxygens (including phenoxy) is 3. The Labute approximate surface area is 94.5 Å². The van der Waals surface area contributed by atoms with Crippen molar-refractivity contribution < 1.29 is 23.8 Å².